The van der Waals surface area contributed by atoms with Gasteiger partial charge in [0.2, 0.25) is 0 Å². The third kappa shape index (κ3) is 4.36. The molecule has 0 aliphatic heterocycles. The van der Waals surface area contributed by atoms with Crippen LogP contribution in [-0.4, -0.2) is 42.3 Å². The van der Waals surface area contributed by atoms with Gasteiger partial charge in [0.15, 0.2) is 0 Å². The fourth-order valence-electron chi connectivity index (χ4n) is 1.55. The summed E-state index contributed by atoms with van der Waals surface area (Å²) in [4.78, 5) is 14.6. The molecule has 0 radical (unpaired) electrons. The Bertz CT molecular complexity index is 327. The number of likely N-dealkylation sites (N-methyl/N-ethyl adjacent to an activating group) is 1. The predicted molar refractivity (Wildman–Crippen MR) is 70.5 cm³/mol. The van der Waals surface area contributed by atoms with Crippen molar-refractivity contribution in [1.82, 2.24) is 10.2 Å². The maximum Gasteiger partial charge on any atom is 0.317 e. The predicted octanol–water partition coefficient (Wildman–Crippen LogP) is 1.88. The Morgan fingerprint density at radius 1 is 1.65 bits per heavy atom. The van der Waals surface area contributed by atoms with Crippen molar-refractivity contribution in [2.45, 2.75) is 19.8 Å². The molecule has 1 atom stereocenters. The quantitative estimate of drug-likeness (QED) is 0.816. The minimum atomic E-state index is -0.107. The van der Waals surface area contributed by atoms with E-state index in [-0.39, 0.29) is 12.6 Å². The van der Waals surface area contributed by atoms with Crippen molar-refractivity contribution < 1.29 is 9.90 Å². The monoisotopic (exact) mass is 256 g/mol. The van der Waals surface area contributed by atoms with Gasteiger partial charge in [-0.15, -0.1) is 11.3 Å². The van der Waals surface area contributed by atoms with Crippen molar-refractivity contribution in [3.05, 3.63) is 22.4 Å². The molecule has 2 amide bonds. The van der Waals surface area contributed by atoms with Gasteiger partial charge >= 0.3 is 6.03 Å². The molecule has 0 saturated carbocycles. The molecule has 1 unspecified atom stereocenters. The number of aliphatic hydroxyl groups is 1. The molecule has 0 saturated heterocycles. The number of carbonyl (C=O) groups excluding carboxylic acids is 1. The lowest BCUT2D eigenvalue weighted by Crippen LogP contribution is -2.42. The van der Waals surface area contributed by atoms with Gasteiger partial charge in [0, 0.05) is 30.4 Å². The van der Waals surface area contributed by atoms with Gasteiger partial charge in [0.05, 0.1) is 6.61 Å². The van der Waals surface area contributed by atoms with E-state index in [0.717, 1.165) is 0 Å². The van der Waals surface area contributed by atoms with Crippen LogP contribution < -0.4 is 5.32 Å². The molecule has 4 nitrogen and oxygen atoms in total. The van der Waals surface area contributed by atoms with E-state index in [9.17, 15) is 4.79 Å². The van der Waals surface area contributed by atoms with E-state index in [0.29, 0.717) is 25.6 Å². The molecular weight excluding hydrogens is 236 g/mol. The van der Waals surface area contributed by atoms with Gasteiger partial charge in [-0.25, -0.2) is 4.79 Å². The molecule has 0 bridgehead atoms. The third-order valence-electron chi connectivity index (χ3n) is 2.63. The van der Waals surface area contributed by atoms with Crippen LogP contribution in [0.15, 0.2) is 17.5 Å². The maximum atomic E-state index is 11.7. The van der Waals surface area contributed by atoms with Crippen molar-refractivity contribution in [2.24, 2.45) is 0 Å². The topological polar surface area (TPSA) is 52.6 Å². The average Bonchev–Trinajstić information content (AvgIpc) is 2.86. The smallest absolute Gasteiger partial charge is 0.317 e. The Labute approximate surface area is 106 Å². The van der Waals surface area contributed by atoms with Gasteiger partial charge < -0.3 is 15.3 Å². The minimum Gasteiger partial charge on any atom is -0.395 e. The van der Waals surface area contributed by atoms with E-state index in [1.807, 2.05) is 18.4 Å². The lowest BCUT2D eigenvalue weighted by molar-refractivity contribution is 0.180. The number of carbonyl (C=O) groups is 1. The number of nitrogens with zero attached hydrogens (tertiary/aromatic N) is 1. The van der Waals surface area contributed by atoms with Crippen LogP contribution in [0.3, 0.4) is 0 Å². The first-order valence-corrected chi connectivity index (χ1v) is 6.74. The fourth-order valence-corrected chi connectivity index (χ4v) is 2.34. The van der Waals surface area contributed by atoms with Crippen LogP contribution in [0.25, 0.3) is 0 Å². The minimum absolute atomic E-state index is 0.00172. The molecule has 0 aromatic carbocycles. The molecule has 96 valence electrons. The van der Waals surface area contributed by atoms with Gasteiger partial charge in [-0.3, -0.25) is 0 Å². The normalized spacial score (nSPS) is 12.2. The first-order chi connectivity index (χ1) is 8.19. The van der Waals surface area contributed by atoms with E-state index in [4.69, 9.17) is 5.11 Å². The highest BCUT2D eigenvalue weighted by molar-refractivity contribution is 7.10. The van der Waals surface area contributed by atoms with Crippen molar-refractivity contribution >= 4 is 17.4 Å². The SMILES string of the molecule is CCN(CCO)C(=O)NCC(C)c1cccs1. The highest BCUT2D eigenvalue weighted by Gasteiger charge is 2.12. The van der Waals surface area contributed by atoms with Crippen LogP contribution in [0.4, 0.5) is 4.79 Å². The van der Waals surface area contributed by atoms with E-state index < -0.39 is 0 Å². The zero-order valence-electron chi connectivity index (χ0n) is 10.3. The van der Waals surface area contributed by atoms with E-state index in [1.165, 1.54) is 4.88 Å². The largest absolute Gasteiger partial charge is 0.395 e. The van der Waals surface area contributed by atoms with Crippen molar-refractivity contribution in [3.63, 3.8) is 0 Å². The van der Waals surface area contributed by atoms with Crippen LogP contribution in [0.2, 0.25) is 0 Å². The highest BCUT2D eigenvalue weighted by atomic mass is 32.1. The number of hydrogen-bond acceptors (Lipinski definition) is 3. The summed E-state index contributed by atoms with van der Waals surface area (Å²) < 4.78 is 0. The molecular formula is C12H20N2O2S. The first kappa shape index (κ1) is 14.0. The number of thiophene rings is 1. The molecule has 5 heteroatoms. The maximum absolute atomic E-state index is 11.7. The molecule has 17 heavy (non-hydrogen) atoms. The molecule has 0 fully saturated rings. The second-order valence-electron chi connectivity index (χ2n) is 3.91. The molecule has 1 aromatic rings. The summed E-state index contributed by atoms with van der Waals surface area (Å²) in [6.45, 7) is 5.62. The Morgan fingerprint density at radius 3 is 2.94 bits per heavy atom. The summed E-state index contributed by atoms with van der Waals surface area (Å²) in [7, 11) is 0. The van der Waals surface area contributed by atoms with Gasteiger partial charge in [-0.05, 0) is 18.4 Å². The van der Waals surface area contributed by atoms with E-state index in [2.05, 4.69) is 18.3 Å². The molecule has 0 spiro atoms. The second kappa shape index (κ2) is 7.29. The summed E-state index contributed by atoms with van der Waals surface area (Å²) in [6, 6.07) is 3.99. The number of nitrogens with one attached hydrogen (secondary N) is 1. The van der Waals surface area contributed by atoms with E-state index in [1.54, 1.807) is 16.2 Å². The van der Waals surface area contributed by atoms with Crippen LogP contribution in [0.1, 0.15) is 24.6 Å². The summed E-state index contributed by atoms with van der Waals surface area (Å²) in [5.41, 5.74) is 0. The molecule has 0 aliphatic carbocycles. The number of amides is 2. The fraction of sp³-hybridized carbons (Fsp3) is 0.583. The van der Waals surface area contributed by atoms with Gasteiger partial charge in [0.25, 0.3) is 0 Å². The standard InChI is InChI=1S/C12H20N2O2S/c1-3-14(6-7-15)12(16)13-9-10(2)11-5-4-8-17-11/h4-5,8,10,15H,3,6-7,9H2,1-2H3,(H,13,16). The Kier molecular flexibility index (Phi) is 6.00. The summed E-state index contributed by atoms with van der Waals surface area (Å²) >= 11 is 1.70. The van der Waals surface area contributed by atoms with Crippen molar-refractivity contribution in [2.75, 3.05) is 26.2 Å². The zero-order chi connectivity index (χ0) is 12.7. The number of urea groups is 1. The van der Waals surface area contributed by atoms with Crippen molar-refractivity contribution in [3.8, 4) is 0 Å². The summed E-state index contributed by atoms with van der Waals surface area (Å²) in [5.74, 6) is 0.326. The summed E-state index contributed by atoms with van der Waals surface area (Å²) in [5, 5.41) is 13.8. The summed E-state index contributed by atoms with van der Waals surface area (Å²) in [6.07, 6.45) is 0. The van der Waals surface area contributed by atoms with Gasteiger partial charge in [-0.2, -0.15) is 0 Å². The molecule has 0 aliphatic rings. The van der Waals surface area contributed by atoms with Gasteiger partial charge in [-0.1, -0.05) is 13.0 Å². The number of rotatable bonds is 6. The first-order valence-electron chi connectivity index (χ1n) is 5.86. The Balaban J connectivity index is 2.37. The lowest BCUT2D eigenvalue weighted by atomic mass is 10.1. The second-order valence-corrected chi connectivity index (χ2v) is 4.89. The Morgan fingerprint density at radius 2 is 2.41 bits per heavy atom. The zero-order valence-corrected chi connectivity index (χ0v) is 11.2. The molecule has 2 N–H and O–H groups in total. The third-order valence-corrected chi connectivity index (χ3v) is 3.73. The van der Waals surface area contributed by atoms with Crippen LogP contribution in [0.5, 0.6) is 0 Å². The van der Waals surface area contributed by atoms with E-state index >= 15 is 0 Å². The highest BCUT2D eigenvalue weighted by Crippen LogP contribution is 2.19. The molecule has 1 heterocycles. The van der Waals surface area contributed by atoms with Gasteiger partial charge in [0.1, 0.15) is 0 Å². The molecule has 1 aromatic heterocycles. The number of aliphatic hydroxyl groups excluding tert-OH is 1. The number of hydrogen-bond donors (Lipinski definition) is 2. The average molecular weight is 256 g/mol. The lowest BCUT2D eigenvalue weighted by Gasteiger charge is -2.21. The van der Waals surface area contributed by atoms with Crippen LogP contribution in [-0.2, 0) is 0 Å². The van der Waals surface area contributed by atoms with Crippen LogP contribution in [0, 0.1) is 0 Å². The van der Waals surface area contributed by atoms with Crippen LogP contribution >= 0.6 is 11.3 Å². The molecule has 1 rings (SSSR count). The Hall–Kier alpha value is -1.07. The van der Waals surface area contributed by atoms with Crippen molar-refractivity contribution in [1.29, 1.82) is 0 Å².